The van der Waals surface area contributed by atoms with E-state index in [0.29, 0.717) is 11.4 Å². The summed E-state index contributed by atoms with van der Waals surface area (Å²) in [6.07, 6.45) is 0. The van der Waals surface area contributed by atoms with Crippen molar-refractivity contribution in [1.29, 1.82) is 0 Å². The second-order valence-corrected chi connectivity index (χ2v) is 8.49. The average molecular weight is 385 g/mol. The quantitative estimate of drug-likeness (QED) is 0.583. The minimum Gasteiger partial charge on any atom is -0.293 e. The number of rotatable bonds is 5. The van der Waals surface area contributed by atoms with Crippen molar-refractivity contribution >= 4 is 33.1 Å². The van der Waals surface area contributed by atoms with E-state index >= 15 is 0 Å². The molecule has 27 heavy (non-hydrogen) atoms. The van der Waals surface area contributed by atoms with Crippen LogP contribution in [0, 0.1) is 5.92 Å². The fourth-order valence-electron chi connectivity index (χ4n) is 2.79. The van der Waals surface area contributed by atoms with Crippen LogP contribution in [0.25, 0.3) is 0 Å². The number of hydrazone groups is 1. The number of Topliss-reactive ketones (excluding diaryl/α,β-unsaturated/α-hetero) is 1. The summed E-state index contributed by atoms with van der Waals surface area (Å²) in [7, 11) is -0.713. The summed E-state index contributed by atoms with van der Waals surface area (Å²) in [6, 6.07) is 14.4. The van der Waals surface area contributed by atoms with Crippen LogP contribution in [0.4, 0.5) is 5.69 Å². The Hall–Kier alpha value is -2.84. The highest BCUT2D eigenvalue weighted by Crippen LogP contribution is 2.26. The van der Waals surface area contributed by atoms with Crippen LogP contribution in [0.15, 0.2) is 64.6 Å². The lowest BCUT2D eigenvalue weighted by Crippen LogP contribution is -2.32. The van der Waals surface area contributed by atoms with Crippen LogP contribution in [0.1, 0.15) is 17.3 Å². The summed E-state index contributed by atoms with van der Waals surface area (Å²) in [5.74, 6) is -1.84. The monoisotopic (exact) mass is 385 g/mol. The lowest BCUT2D eigenvalue weighted by molar-refractivity contribution is -0.118. The van der Waals surface area contributed by atoms with Gasteiger partial charge in [-0.25, -0.2) is 12.7 Å². The van der Waals surface area contributed by atoms with Crippen molar-refractivity contribution in [3.05, 3.63) is 60.2 Å². The molecule has 1 aliphatic rings. The maximum atomic E-state index is 12.9. The molecule has 1 amide bonds. The molecule has 0 aromatic heterocycles. The highest BCUT2D eigenvalue weighted by Gasteiger charge is 2.40. The molecule has 2 aromatic rings. The first-order chi connectivity index (χ1) is 12.7. The van der Waals surface area contributed by atoms with Gasteiger partial charge in [0.25, 0.3) is 5.91 Å². The summed E-state index contributed by atoms with van der Waals surface area (Å²) >= 11 is 0. The number of carbonyl (C=O) groups excluding carboxylic acids is 2. The lowest BCUT2D eigenvalue weighted by atomic mass is 9.94. The molecule has 1 aliphatic heterocycles. The molecule has 0 radical (unpaired) electrons. The highest BCUT2D eigenvalue weighted by atomic mass is 32.2. The van der Waals surface area contributed by atoms with Crippen molar-refractivity contribution in [2.45, 2.75) is 11.8 Å². The maximum absolute atomic E-state index is 12.9. The molecule has 1 atom stereocenters. The number of para-hydroxylation sites is 1. The summed E-state index contributed by atoms with van der Waals surface area (Å²) < 4.78 is 25.4. The Labute approximate surface area is 158 Å². The van der Waals surface area contributed by atoms with Gasteiger partial charge in [-0.05, 0) is 31.2 Å². The van der Waals surface area contributed by atoms with Crippen molar-refractivity contribution in [2.75, 3.05) is 19.1 Å². The van der Waals surface area contributed by atoms with E-state index in [1.54, 1.807) is 31.2 Å². The van der Waals surface area contributed by atoms with E-state index in [0.717, 1.165) is 4.31 Å². The van der Waals surface area contributed by atoms with Crippen LogP contribution in [-0.2, 0) is 14.8 Å². The maximum Gasteiger partial charge on any atom is 0.264 e. The van der Waals surface area contributed by atoms with Gasteiger partial charge in [-0.2, -0.15) is 10.1 Å². The van der Waals surface area contributed by atoms with Crippen LogP contribution in [0.3, 0.4) is 0 Å². The molecular weight excluding hydrogens is 366 g/mol. The minimum absolute atomic E-state index is 0.0816. The molecule has 0 spiro atoms. The molecule has 140 valence electrons. The van der Waals surface area contributed by atoms with Gasteiger partial charge >= 0.3 is 0 Å². The van der Waals surface area contributed by atoms with Gasteiger partial charge < -0.3 is 0 Å². The fraction of sp³-hybridized carbons (Fsp3) is 0.211. The molecule has 0 saturated carbocycles. The third-order valence-corrected chi connectivity index (χ3v) is 6.14. The molecule has 0 saturated heterocycles. The Morgan fingerprint density at radius 2 is 1.63 bits per heavy atom. The Balaban J connectivity index is 1.86. The van der Waals surface area contributed by atoms with Gasteiger partial charge in [0.2, 0.25) is 10.0 Å². The number of anilines is 1. The van der Waals surface area contributed by atoms with Crippen LogP contribution in [-0.4, -0.2) is 44.2 Å². The van der Waals surface area contributed by atoms with E-state index in [9.17, 15) is 18.0 Å². The van der Waals surface area contributed by atoms with E-state index in [2.05, 4.69) is 5.10 Å². The lowest BCUT2D eigenvalue weighted by Gasteiger charge is -2.14. The van der Waals surface area contributed by atoms with Crippen LogP contribution in [0.2, 0.25) is 0 Å². The van der Waals surface area contributed by atoms with Gasteiger partial charge in [-0.1, -0.05) is 30.3 Å². The summed E-state index contributed by atoms with van der Waals surface area (Å²) in [4.78, 5) is 25.7. The molecule has 0 aliphatic carbocycles. The number of benzene rings is 2. The van der Waals surface area contributed by atoms with E-state index in [4.69, 9.17) is 0 Å². The van der Waals surface area contributed by atoms with E-state index < -0.39 is 27.6 Å². The molecule has 1 unspecified atom stereocenters. The normalized spacial score (nSPS) is 17.3. The number of amides is 1. The molecule has 0 bridgehead atoms. The molecule has 8 heteroatoms. The molecule has 7 nitrogen and oxygen atoms in total. The topological polar surface area (TPSA) is 87.1 Å². The van der Waals surface area contributed by atoms with Crippen molar-refractivity contribution in [3.63, 3.8) is 0 Å². The van der Waals surface area contributed by atoms with Crippen molar-refractivity contribution < 1.29 is 18.0 Å². The summed E-state index contributed by atoms with van der Waals surface area (Å²) in [6.45, 7) is 1.63. The van der Waals surface area contributed by atoms with Gasteiger partial charge in [0.05, 0.1) is 16.3 Å². The Morgan fingerprint density at radius 3 is 2.19 bits per heavy atom. The first kappa shape index (κ1) is 18.9. The Kier molecular flexibility index (Phi) is 4.95. The number of ketones is 1. The largest absolute Gasteiger partial charge is 0.293 e. The van der Waals surface area contributed by atoms with Gasteiger partial charge in [0, 0.05) is 19.7 Å². The number of hydrogen-bond acceptors (Lipinski definition) is 5. The zero-order chi connectivity index (χ0) is 19.8. The minimum atomic E-state index is -3.58. The molecule has 3 rings (SSSR count). The summed E-state index contributed by atoms with van der Waals surface area (Å²) in [5.41, 5.74) is 1.25. The van der Waals surface area contributed by atoms with Crippen LogP contribution < -0.4 is 5.01 Å². The fourth-order valence-corrected chi connectivity index (χ4v) is 3.69. The third-order valence-electron chi connectivity index (χ3n) is 4.31. The molecule has 1 heterocycles. The summed E-state index contributed by atoms with van der Waals surface area (Å²) in [5, 5.41) is 5.45. The van der Waals surface area contributed by atoms with Crippen LogP contribution >= 0.6 is 0 Å². The Morgan fingerprint density at radius 1 is 1.04 bits per heavy atom. The second-order valence-electron chi connectivity index (χ2n) is 6.34. The standard InChI is InChI=1S/C19H19N3O4S/c1-13-17(19(24)22(20-13)15-7-5-4-6-8-15)18(23)14-9-11-16(12-10-14)27(25,26)21(2)3/h4-12,17H,1-3H3. The van der Waals surface area contributed by atoms with Crippen LogP contribution in [0.5, 0.6) is 0 Å². The predicted octanol–water partition coefficient (Wildman–Crippen LogP) is 2.16. The number of carbonyl (C=O) groups is 2. The van der Waals surface area contributed by atoms with Crippen molar-refractivity contribution in [2.24, 2.45) is 11.0 Å². The van der Waals surface area contributed by atoms with E-state index in [1.807, 2.05) is 6.07 Å². The predicted molar refractivity (Wildman–Crippen MR) is 102 cm³/mol. The highest BCUT2D eigenvalue weighted by molar-refractivity contribution is 7.89. The zero-order valence-electron chi connectivity index (χ0n) is 15.2. The first-order valence-electron chi connectivity index (χ1n) is 8.24. The third kappa shape index (κ3) is 3.41. The zero-order valence-corrected chi connectivity index (χ0v) is 16.0. The average Bonchev–Trinajstić information content (AvgIpc) is 2.96. The van der Waals surface area contributed by atoms with Gasteiger partial charge in [0.1, 0.15) is 5.92 Å². The number of nitrogens with zero attached hydrogens (tertiary/aromatic N) is 3. The number of hydrogen-bond donors (Lipinski definition) is 0. The van der Waals surface area contributed by atoms with Crippen molar-refractivity contribution in [1.82, 2.24) is 4.31 Å². The first-order valence-corrected chi connectivity index (χ1v) is 9.68. The molecule has 0 N–H and O–H groups in total. The Bertz CT molecular complexity index is 1010. The van der Waals surface area contributed by atoms with Gasteiger partial charge in [0.15, 0.2) is 5.78 Å². The number of sulfonamides is 1. The van der Waals surface area contributed by atoms with Gasteiger partial charge in [-0.15, -0.1) is 0 Å². The molecular formula is C19H19N3O4S. The van der Waals surface area contributed by atoms with Crippen molar-refractivity contribution in [3.8, 4) is 0 Å². The smallest absolute Gasteiger partial charge is 0.264 e. The van der Waals surface area contributed by atoms with Gasteiger partial charge in [-0.3, -0.25) is 9.59 Å². The molecule has 2 aromatic carbocycles. The van der Waals surface area contributed by atoms with E-state index in [-0.39, 0.29) is 10.5 Å². The SMILES string of the molecule is CC1=NN(c2ccccc2)C(=O)C1C(=O)c1ccc(S(=O)(=O)N(C)C)cc1. The molecule has 0 fully saturated rings. The second kappa shape index (κ2) is 7.05. The van der Waals surface area contributed by atoms with E-state index in [1.165, 1.54) is 43.4 Å².